The predicted octanol–water partition coefficient (Wildman–Crippen LogP) is 3.70. The molecule has 1 atom stereocenters. The lowest BCUT2D eigenvalue weighted by Crippen LogP contribution is -2.14. The highest BCUT2D eigenvalue weighted by molar-refractivity contribution is 5.91. The Morgan fingerprint density at radius 2 is 1.96 bits per heavy atom. The van der Waals surface area contributed by atoms with Crippen LogP contribution in [0.4, 0.5) is 0 Å². The Balaban J connectivity index is 1.99. The molecule has 0 spiro atoms. The summed E-state index contributed by atoms with van der Waals surface area (Å²) in [4.78, 5) is 16.6. The third kappa shape index (κ3) is 4.67. The van der Waals surface area contributed by atoms with Crippen molar-refractivity contribution in [3.05, 3.63) is 42.0 Å². The first-order valence-corrected chi connectivity index (χ1v) is 7.83. The maximum atomic E-state index is 12.3. The van der Waals surface area contributed by atoms with E-state index in [1.807, 2.05) is 43.3 Å². The van der Waals surface area contributed by atoms with E-state index >= 15 is 0 Å². The monoisotopic (exact) mass is 334 g/mol. The van der Waals surface area contributed by atoms with Crippen LogP contribution in [0.25, 0.3) is 10.8 Å². The molecular formula is C18H22O6. The van der Waals surface area contributed by atoms with E-state index in [1.54, 1.807) is 7.11 Å². The fraction of sp³-hybridized carbons (Fsp3) is 0.389. The van der Waals surface area contributed by atoms with Crippen molar-refractivity contribution in [1.29, 1.82) is 0 Å². The van der Waals surface area contributed by atoms with Gasteiger partial charge in [0.15, 0.2) is 0 Å². The molecule has 0 bridgehead atoms. The molecule has 0 aliphatic carbocycles. The molecule has 0 fully saturated rings. The number of unbranched alkanes of at least 4 members (excludes halogenated alkanes) is 1. The number of esters is 1. The molecule has 0 aliphatic heterocycles. The summed E-state index contributed by atoms with van der Waals surface area (Å²) in [6.07, 6.45) is 1.25. The number of carbonyl (C=O) groups excluding carboxylic acids is 1. The number of fused-ring (bicyclic) bond motifs is 1. The molecule has 0 saturated carbocycles. The normalized spacial score (nSPS) is 12.1. The minimum absolute atomic E-state index is 0.245. The van der Waals surface area contributed by atoms with Gasteiger partial charge in [-0.2, -0.15) is 0 Å². The number of benzene rings is 2. The number of hydrogen-bond donors (Lipinski definition) is 1. The van der Waals surface area contributed by atoms with Gasteiger partial charge in [0.05, 0.1) is 26.2 Å². The van der Waals surface area contributed by atoms with Crippen molar-refractivity contribution in [2.45, 2.75) is 25.7 Å². The number of rotatable bonds is 9. The second-order valence-corrected chi connectivity index (χ2v) is 5.43. The van der Waals surface area contributed by atoms with Crippen LogP contribution >= 0.6 is 0 Å². The molecule has 130 valence electrons. The Kier molecular flexibility index (Phi) is 6.99. The molecule has 2 rings (SSSR count). The van der Waals surface area contributed by atoms with Crippen molar-refractivity contribution in [1.82, 2.24) is 0 Å². The van der Waals surface area contributed by atoms with Crippen LogP contribution in [-0.4, -0.2) is 31.6 Å². The average Bonchev–Trinajstić information content (AvgIpc) is 2.62. The molecule has 0 saturated heterocycles. The smallest absolute Gasteiger partial charge is 0.313 e. The Hall–Kier alpha value is -2.15. The second-order valence-electron chi connectivity index (χ2n) is 5.43. The fourth-order valence-electron chi connectivity index (χ4n) is 2.52. The van der Waals surface area contributed by atoms with E-state index in [-0.39, 0.29) is 18.5 Å². The van der Waals surface area contributed by atoms with E-state index < -0.39 is 0 Å². The summed E-state index contributed by atoms with van der Waals surface area (Å²) in [5.41, 5.74) is 0.928. The van der Waals surface area contributed by atoms with E-state index in [1.165, 1.54) is 0 Å². The molecular weight excluding hydrogens is 312 g/mol. The van der Waals surface area contributed by atoms with E-state index in [9.17, 15) is 4.79 Å². The molecule has 1 N–H and O–H groups in total. The fourth-order valence-corrected chi connectivity index (χ4v) is 2.52. The molecule has 1 unspecified atom stereocenters. The zero-order chi connectivity index (χ0) is 17.4. The zero-order valence-electron chi connectivity index (χ0n) is 13.9. The van der Waals surface area contributed by atoms with E-state index in [0.717, 1.165) is 22.1 Å². The maximum Gasteiger partial charge on any atom is 0.313 e. The summed E-state index contributed by atoms with van der Waals surface area (Å²) in [5.74, 6) is 0.153. The first-order chi connectivity index (χ1) is 11.7. The number of methoxy groups -OCH3 is 1. The lowest BCUT2D eigenvalue weighted by molar-refractivity contribution is -0.490. The van der Waals surface area contributed by atoms with Crippen LogP contribution in [-0.2, 0) is 19.5 Å². The predicted molar refractivity (Wildman–Crippen MR) is 88.8 cm³/mol. The standard InChI is InChI=1S/C18H22O6/c1-13(18(19)22-10-3-4-11-23-24-20)16-7-5-6-14-12-15(21-2)8-9-17(14)16/h5-9,12-13,20H,3-4,10-11H2,1-2H3. The van der Waals surface area contributed by atoms with Crippen LogP contribution in [0.2, 0.25) is 0 Å². The molecule has 2 aromatic rings. The average molecular weight is 334 g/mol. The third-order valence-corrected chi connectivity index (χ3v) is 3.86. The number of hydrogen-bond acceptors (Lipinski definition) is 6. The first kappa shape index (κ1) is 18.2. The van der Waals surface area contributed by atoms with Crippen molar-refractivity contribution >= 4 is 16.7 Å². The summed E-state index contributed by atoms with van der Waals surface area (Å²) >= 11 is 0. The van der Waals surface area contributed by atoms with Crippen molar-refractivity contribution in [3.8, 4) is 5.75 Å². The van der Waals surface area contributed by atoms with Gasteiger partial charge in [0.1, 0.15) is 5.75 Å². The quantitative estimate of drug-likeness (QED) is 0.326. The van der Waals surface area contributed by atoms with Gasteiger partial charge in [-0.1, -0.05) is 29.3 Å². The van der Waals surface area contributed by atoms with Crippen LogP contribution in [0, 0.1) is 0 Å². The SMILES string of the molecule is COc1ccc2c(C(C)C(=O)OCCCCOOO)cccc2c1. The molecule has 0 aromatic heterocycles. The summed E-state index contributed by atoms with van der Waals surface area (Å²) in [5, 5.41) is 13.6. The third-order valence-electron chi connectivity index (χ3n) is 3.86. The Morgan fingerprint density at radius 3 is 2.71 bits per heavy atom. The van der Waals surface area contributed by atoms with Gasteiger partial charge in [0.25, 0.3) is 0 Å². The highest BCUT2D eigenvalue weighted by atomic mass is 17.5. The van der Waals surface area contributed by atoms with Gasteiger partial charge in [-0.25, -0.2) is 10.1 Å². The highest BCUT2D eigenvalue weighted by Gasteiger charge is 2.19. The van der Waals surface area contributed by atoms with Crippen molar-refractivity contribution in [2.24, 2.45) is 0 Å². The minimum atomic E-state index is -0.362. The van der Waals surface area contributed by atoms with Gasteiger partial charge in [-0.05, 0) is 48.2 Å². The Morgan fingerprint density at radius 1 is 1.17 bits per heavy atom. The Bertz CT molecular complexity index is 670. The molecule has 6 heteroatoms. The van der Waals surface area contributed by atoms with Gasteiger partial charge in [0, 0.05) is 0 Å². The molecule has 0 aliphatic rings. The second kappa shape index (κ2) is 9.22. The highest BCUT2D eigenvalue weighted by Crippen LogP contribution is 2.29. The number of carbonyl (C=O) groups is 1. The molecule has 24 heavy (non-hydrogen) atoms. The van der Waals surface area contributed by atoms with Crippen LogP contribution < -0.4 is 4.74 Å². The lowest BCUT2D eigenvalue weighted by Gasteiger charge is -2.14. The minimum Gasteiger partial charge on any atom is -0.497 e. The number of ether oxygens (including phenoxy) is 2. The summed E-state index contributed by atoms with van der Waals surface area (Å²) in [6.45, 7) is 2.38. The maximum absolute atomic E-state index is 12.3. The van der Waals surface area contributed by atoms with Crippen LogP contribution in [0.5, 0.6) is 5.75 Å². The molecule has 0 heterocycles. The van der Waals surface area contributed by atoms with Gasteiger partial charge in [-0.15, -0.1) is 0 Å². The molecule has 2 aromatic carbocycles. The molecule has 0 radical (unpaired) electrons. The van der Waals surface area contributed by atoms with Gasteiger partial charge in [-0.3, -0.25) is 4.79 Å². The zero-order valence-corrected chi connectivity index (χ0v) is 13.9. The van der Waals surface area contributed by atoms with Crippen molar-refractivity contribution in [2.75, 3.05) is 20.3 Å². The molecule has 6 nitrogen and oxygen atoms in total. The van der Waals surface area contributed by atoms with Crippen LogP contribution in [0.15, 0.2) is 36.4 Å². The summed E-state index contributed by atoms with van der Waals surface area (Å²) in [7, 11) is 1.63. The van der Waals surface area contributed by atoms with Crippen LogP contribution in [0.1, 0.15) is 31.2 Å². The lowest BCUT2D eigenvalue weighted by atomic mass is 9.95. The van der Waals surface area contributed by atoms with Gasteiger partial charge >= 0.3 is 5.97 Å². The van der Waals surface area contributed by atoms with Crippen molar-refractivity contribution < 1.29 is 29.5 Å². The summed E-state index contributed by atoms with van der Waals surface area (Å²) < 4.78 is 10.5. The topological polar surface area (TPSA) is 74.2 Å². The van der Waals surface area contributed by atoms with Crippen LogP contribution in [0.3, 0.4) is 0 Å². The Labute approximate surface area is 140 Å². The molecule has 0 amide bonds. The first-order valence-electron chi connectivity index (χ1n) is 7.83. The van der Waals surface area contributed by atoms with E-state index in [0.29, 0.717) is 19.4 Å². The van der Waals surface area contributed by atoms with E-state index in [2.05, 4.69) is 9.93 Å². The largest absolute Gasteiger partial charge is 0.497 e. The van der Waals surface area contributed by atoms with E-state index in [4.69, 9.17) is 14.7 Å². The van der Waals surface area contributed by atoms with Crippen molar-refractivity contribution in [3.63, 3.8) is 0 Å². The van der Waals surface area contributed by atoms with Gasteiger partial charge in [0.2, 0.25) is 0 Å². The summed E-state index contributed by atoms with van der Waals surface area (Å²) in [6, 6.07) is 11.6. The van der Waals surface area contributed by atoms with Gasteiger partial charge < -0.3 is 9.47 Å².